The maximum absolute atomic E-state index is 6.65. The summed E-state index contributed by atoms with van der Waals surface area (Å²) in [4.78, 5) is 2.35. The number of benzene rings is 8. The van der Waals surface area contributed by atoms with Gasteiger partial charge in [0.05, 0.1) is 0 Å². The highest BCUT2D eigenvalue weighted by Gasteiger charge is 2.27. The molecule has 0 atom stereocenters. The summed E-state index contributed by atoms with van der Waals surface area (Å²) in [6.07, 6.45) is 0. The van der Waals surface area contributed by atoms with Crippen molar-refractivity contribution in [2.75, 3.05) is 4.90 Å². The summed E-state index contributed by atoms with van der Waals surface area (Å²) < 4.78 is 6.65. The van der Waals surface area contributed by atoms with E-state index in [1.165, 1.54) is 44.5 Å². The van der Waals surface area contributed by atoms with Crippen LogP contribution in [0.4, 0.5) is 17.1 Å². The molecule has 270 valence electrons. The number of anilines is 3. The third-order valence-corrected chi connectivity index (χ3v) is 10.6. The van der Waals surface area contributed by atoms with Crippen molar-refractivity contribution in [1.82, 2.24) is 0 Å². The van der Waals surface area contributed by atoms with Crippen molar-refractivity contribution in [3.63, 3.8) is 0 Å². The molecule has 0 aliphatic heterocycles. The van der Waals surface area contributed by atoms with Gasteiger partial charge in [0.2, 0.25) is 0 Å². The van der Waals surface area contributed by atoms with Gasteiger partial charge in [0.15, 0.2) is 0 Å². The molecule has 2 nitrogen and oxygen atoms in total. The van der Waals surface area contributed by atoms with Gasteiger partial charge in [0.1, 0.15) is 11.3 Å². The van der Waals surface area contributed by atoms with Gasteiger partial charge >= 0.3 is 0 Å². The number of rotatable bonds is 8. The molecule has 0 saturated heterocycles. The van der Waals surface area contributed by atoms with Crippen LogP contribution >= 0.6 is 0 Å². The summed E-state index contributed by atoms with van der Waals surface area (Å²) in [5.74, 6) is 0.919. The van der Waals surface area contributed by atoms with Crippen LogP contribution in [0.3, 0.4) is 0 Å². The minimum atomic E-state index is -0.112. The smallest absolute Gasteiger partial charge is 0.139 e. The Labute approximate surface area is 330 Å². The van der Waals surface area contributed by atoms with Gasteiger partial charge in [-0.25, -0.2) is 0 Å². The highest BCUT2D eigenvalue weighted by Crippen LogP contribution is 2.44. The Kier molecular flexibility index (Phi) is 9.17. The van der Waals surface area contributed by atoms with Crippen molar-refractivity contribution >= 4 is 28.0 Å². The minimum Gasteiger partial charge on any atom is -0.456 e. The highest BCUT2D eigenvalue weighted by atomic mass is 16.3. The van der Waals surface area contributed by atoms with Gasteiger partial charge in [-0.15, -0.1) is 0 Å². The van der Waals surface area contributed by atoms with Crippen LogP contribution in [0.25, 0.3) is 66.8 Å². The zero-order valence-corrected chi connectivity index (χ0v) is 32.0. The van der Waals surface area contributed by atoms with E-state index >= 15 is 0 Å². The van der Waals surface area contributed by atoms with Gasteiger partial charge in [0, 0.05) is 33.6 Å². The summed E-state index contributed by atoms with van der Waals surface area (Å²) >= 11 is 0. The molecule has 9 aromatic rings. The van der Waals surface area contributed by atoms with Crippen molar-refractivity contribution in [2.24, 2.45) is 0 Å². The van der Waals surface area contributed by atoms with E-state index in [2.05, 4.69) is 226 Å². The summed E-state index contributed by atoms with van der Waals surface area (Å²) in [5, 5.41) is 1.16. The second kappa shape index (κ2) is 14.7. The molecular formula is C54H43NO. The Hall–Kier alpha value is -6.90. The summed E-state index contributed by atoms with van der Waals surface area (Å²) in [6.45, 7) is 6.79. The molecule has 0 fully saturated rings. The van der Waals surface area contributed by atoms with E-state index in [1.807, 2.05) is 6.07 Å². The lowest BCUT2D eigenvalue weighted by Crippen LogP contribution is -2.12. The zero-order valence-electron chi connectivity index (χ0n) is 32.0. The first kappa shape index (κ1) is 34.8. The van der Waals surface area contributed by atoms with Crippen molar-refractivity contribution < 1.29 is 4.42 Å². The molecule has 56 heavy (non-hydrogen) atoms. The molecule has 0 spiro atoms. The SMILES string of the molecule is CC(C)(C)c1c(-c2cccc(N(c3ccc(-c4ccccc4)cc3)c3ccc(-c4ccccc4-c4ccccc4-c4ccccc4)cc3)c2)oc2ccccc12. The van der Waals surface area contributed by atoms with E-state index in [0.717, 1.165) is 44.9 Å². The Morgan fingerprint density at radius 3 is 1.39 bits per heavy atom. The predicted octanol–water partition coefficient (Wildman–Crippen LogP) is 15.5. The molecule has 0 aliphatic carbocycles. The van der Waals surface area contributed by atoms with Crippen molar-refractivity contribution in [3.8, 4) is 55.8 Å². The molecule has 0 unspecified atom stereocenters. The van der Waals surface area contributed by atoms with Crippen LogP contribution in [0.2, 0.25) is 0 Å². The number of hydrogen-bond donors (Lipinski definition) is 0. The normalized spacial score (nSPS) is 11.5. The number of hydrogen-bond acceptors (Lipinski definition) is 2. The Balaban J connectivity index is 1.15. The fourth-order valence-corrected chi connectivity index (χ4v) is 8.01. The Morgan fingerprint density at radius 2 is 0.804 bits per heavy atom. The first-order valence-corrected chi connectivity index (χ1v) is 19.3. The first-order chi connectivity index (χ1) is 27.4. The average Bonchev–Trinajstić information content (AvgIpc) is 3.66. The summed E-state index contributed by atoms with van der Waals surface area (Å²) in [7, 11) is 0. The van der Waals surface area contributed by atoms with Crippen LogP contribution in [-0.2, 0) is 5.41 Å². The largest absolute Gasteiger partial charge is 0.456 e. The zero-order chi connectivity index (χ0) is 38.1. The quantitative estimate of drug-likeness (QED) is 0.155. The predicted molar refractivity (Wildman–Crippen MR) is 237 cm³/mol. The van der Waals surface area contributed by atoms with Gasteiger partial charge in [-0.2, -0.15) is 0 Å². The maximum Gasteiger partial charge on any atom is 0.139 e. The molecule has 0 saturated carbocycles. The second-order valence-corrected chi connectivity index (χ2v) is 15.4. The van der Waals surface area contributed by atoms with Crippen LogP contribution in [0.15, 0.2) is 211 Å². The van der Waals surface area contributed by atoms with Gasteiger partial charge in [0.25, 0.3) is 0 Å². The van der Waals surface area contributed by atoms with Crippen LogP contribution < -0.4 is 4.90 Å². The third kappa shape index (κ3) is 6.71. The maximum atomic E-state index is 6.65. The Bertz CT molecular complexity index is 2750. The monoisotopic (exact) mass is 721 g/mol. The van der Waals surface area contributed by atoms with Crippen LogP contribution in [0, 0.1) is 0 Å². The molecule has 0 aliphatic rings. The number of furan rings is 1. The average molecular weight is 722 g/mol. The van der Waals surface area contributed by atoms with Crippen LogP contribution in [0.5, 0.6) is 0 Å². The van der Waals surface area contributed by atoms with Crippen molar-refractivity contribution in [3.05, 3.63) is 212 Å². The van der Waals surface area contributed by atoms with E-state index in [1.54, 1.807) is 0 Å². The number of nitrogens with zero attached hydrogens (tertiary/aromatic N) is 1. The molecule has 1 aromatic heterocycles. The van der Waals surface area contributed by atoms with E-state index < -0.39 is 0 Å². The van der Waals surface area contributed by atoms with E-state index in [0.29, 0.717) is 0 Å². The molecule has 2 heteroatoms. The summed E-state index contributed by atoms with van der Waals surface area (Å²) in [5.41, 5.74) is 15.9. The standard InChI is InChI=1S/C54H43NO/c1-54(2,3)52-50-27-14-15-28-51(50)56-53(52)42-21-16-22-45(37-42)55(43-33-29-39(30-34-43)38-17-6-4-7-18-38)44-35-31-41(32-36-44)47-24-11-13-26-49(47)48-25-12-10-23-46(48)40-19-8-5-9-20-40/h4-37H,1-3H3. The third-order valence-electron chi connectivity index (χ3n) is 10.6. The van der Waals surface area contributed by atoms with Crippen molar-refractivity contribution in [2.45, 2.75) is 26.2 Å². The van der Waals surface area contributed by atoms with E-state index in [-0.39, 0.29) is 5.41 Å². The number of para-hydroxylation sites is 1. The lowest BCUT2D eigenvalue weighted by Gasteiger charge is -2.27. The fourth-order valence-electron chi connectivity index (χ4n) is 8.01. The first-order valence-electron chi connectivity index (χ1n) is 19.3. The summed E-state index contributed by atoms with van der Waals surface area (Å²) in [6, 6.07) is 73.7. The Morgan fingerprint density at radius 1 is 0.357 bits per heavy atom. The molecule has 0 bridgehead atoms. The van der Waals surface area contributed by atoms with Gasteiger partial charge in [-0.3, -0.25) is 0 Å². The van der Waals surface area contributed by atoms with Gasteiger partial charge < -0.3 is 9.32 Å². The fraction of sp³-hybridized carbons (Fsp3) is 0.0741. The number of fused-ring (bicyclic) bond motifs is 1. The molecule has 0 N–H and O–H groups in total. The topological polar surface area (TPSA) is 16.4 Å². The highest BCUT2D eigenvalue weighted by molar-refractivity contribution is 5.93. The molecule has 1 heterocycles. The minimum absolute atomic E-state index is 0.112. The van der Waals surface area contributed by atoms with Gasteiger partial charge in [-0.05, 0) is 92.4 Å². The lowest BCUT2D eigenvalue weighted by molar-refractivity contribution is 0.568. The van der Waals surface area contributed by atoms with E-state index in [4.69, 9.17) is 4.42 Å². The second-order valence-electron chi connectivity index (χ2n) is 15.4. The molecule has 0 radical (unpaired) electrons. The van der Waals surface area contributed by atoms with E-state index in [9.17, 15) is 0 Å². The van der Waals surface area contributed by atoms with Crippen LogP contribution in [0.1, 0.15) is 26.3 Å². The molecule has 0 amide bonds. The van der Waals surface area contributed by atoms with Gasteiger partial charge in [-0.1, -0.05) is 185 Å². The van der Waals surface area contributed by atoms with Crippen LogP contribution in [-0.4, -0.2) is 0 Å². The lowest BCUT2D eigenvalue weighted by atomic mass is 9.83. The molecule has 9 rings (SSSR count). The van der Waals surface area contributed by atoms with Crippen molar-refractivity contribution in [1.29, 1.82) is 0 Å². The molecule has 8 aromatic carbocycles. The molecular weight excluding hydrogens is 679 g/mol.